The first-order valence-electron chi connectivity index (χ1n) is 8.15. The number of carbonyl (C=O) groups excluding carboxylic acids is 4. The van der Waals surface area contributed by atoms with Crippen molar-refractivity contribution in [1.82, 2.24) is 9.80 Å². The molecule has 0 unspecified atom stereocenters. The standard InChI is InChI=1S/C19H17N3O5/c1-27-15-10-6-5-9-14(15)20-16(23)12-22-18(25)17(24)21(19(22)26)11-13-7-3-2-4-8-13/h2-10H,11-12H2,1H3,(H,20,23). The Morgan fingerprint density at radius 1 is 0.926 bits per heavy atom. The first-order valence-corrected chi connectivity index (χ1v) is 8.15. The van der Waals surface area contributed by atoms with E-state index in [0.29, 0.717) is 21.9 Å². The van der Waals surface area contributed by atoms with E-state index in [-0.39, 0.29) is 6.54 Å². The van der Waals surface area contributed by atoms with Gasteiger partial charge in [0.1, 0.15) is 12.3 Å². The van der Waals surface area contributed by atoms with Gasteiger partial charge in [-0.25, -0.2) is 9.69 Å². The van der Waals surface area contributed by atoms with E-state index in [9.17, 15) is 19.2 Å². The fraction of sp³-hybridized carbons (Fsp3) is 0.158. The molecule has 1 aliphatic rings. The molecule has 8 nitrogen and oxygen atoms in total. The van der Waals surface area contributed by atoms with Crippen molar-refractivity contribution in [2.24, 2.45) is 0 Å². The summed E-state index contributed by atoms with van der Waals surface area (Å²) >= 11 is 0. The number of nitrogens with one attached hydrogen (secondary N) is 1. The average Bonchev–Trinajstić information content (AvgIpc) is 2.87. The normalized spacial score (nSPS) is 13.9. The number of amides is 5. The number of methoxy groups -OCH3 is 1. The van der Waals surface area contributed by atoms with E-state index in [1.165, 1.54) is 7.11 Å². The molecule has 2 aromatic rings. The van der Waals surface area contributed by atoms with Crippen molar-refractivity contribution in [3.63, 3.8) is 0 Å². The minimum atomic E-state index is -1.02. The predicted octanol–water partition coefficient (Wildman–Crippen LogP) is 1.62. The van der Waals surface area contributed by atoms with E-state index >= 15 is 0 Å². The van der Waals surface area contributed by atoms with E-state index in [2.05, 4.69) is 5.32 Å². The summed E-state index contributed by atoms with van der Waals surface area (Å²) in [6.07, 6.45) is 0. The minimum absolute atomic E-state index is 0.0329. The van der Waals surface area contributed by atoms with Crippen LogP contribution in [0.2, 0.25) is 0 Å². The smallest absolute Gasteiger partial charge is 0.335 e. The second kappa shape index (κ2) is 7.69. The van der Waals surface area contributed by atoms with Gasteiger partial charge in [-0.2, -0.15) is 0 Å². The van der Waals surface area contributed by atoms with Crippen LogP contribution in [-0.4, -0.2) is 47.2 Å². The largest absolute Gasteiger partial charge is 0.495 e. The van der Waals surface area contributed by atoms with Crippen LogP contribution in [0.3, 0.4) is 0 Å². The lowest BCUT2D eigenvalue weighted by atomic mass is 10.2. The summed E-state index contributed by atoms with van der Waals surface area (Å²) in [5.74, 6) is -2.15. The molecule has 8 heteroatoms. The Hall–Kier alpha value is -3.68. The molecule has 1 aliphatic heterocycles. The number of urea groups is 1. The lowest BCUT2D eigenvalue weighted by molar-refractivity contribution is -0.143. The molecule has 0 bridgehead atoms. The fourth-order valence-electron chi connectivity index (χ4n) is 2.68. The highest BCUT2D eigenvalue weighted by molar-refractivity contribution is 6.45. The number of benzene rings is 2. The quantitative estimate of drug-likeness (QED) is 0.618. The third kappa shape index (κ3) is 3.79. The second-order valence-corrected chi connectivity index (χ2v) is 5.80. The SMILES string of the molecule is COc1ccccc1NC(=O)CN1C(=O)C(=O)N(Cc2ccccc2)C1=O. The second-order valence-electron chi connectivity index (χ2n) is 5.80. The molecule has 0 aromatic heterocycles. The van der Waals surface area contributed by atoms with Crippen LogP contribution in [0.4, 0.5) is 10.5 Å². The van der Waals surface area contributed by atoms with E-state index in [0.717, 1.165) is 4.90 Å². The van der Waals surface area contributed by atoms with Crippen molar-refractivity contribution < 1.29 is 23.9 Å². The van der Waals surface area contributed by atoms with Gasteiger partial charge in [0.2, 0.25) is 5.91 Å². The summed E-state index contributed by atoms with van der Waals surface area (Å²) in [6, 6.07) is 14.7. The summed E-state index contributed by atoms with van der Waals surface area (Å²) < 4.78 is 5.13. The molecule has 1 fully saturated rings. The number of anilines is 1. The lowest BCUT2D eigenvalue weighted by Gasteiger charge is -2.16. The summed E-state index contributed by atoms with van der Waals surface area (Å²) in [5, 5.41) is 2.57. The zero-order valence-electron chi connectivity index (χ0n) is 14.5. The van der Waals surface area contributed by atoms with Gasteiger partial charge < -0.3 is 10.1 Å². The summed E-state index contributed by atoms with van der Waals surface area (Å²) in [7, 11) is 1.46. The van der Waals surface area contributed by atoms with Crippen LogP contribution in [0.1, 0.15) is 5.56 Å². The molecular weight excluding hydrogens is 350 g/mol. The number of para-hydroxylation sites is 2. The maximum Gasteiger partial charge on any atom is 0.335 e. The highest BCUT2D eigenvalue weighted by Crippen LogP contribution is 2.23. The molecule has 0 radical (unpaired) electrons. The Kier molecular flexibility index (Phi) is 5.16. The number of ether oxygens (including phenoxy) is 1. The summed E-state index contributed by atoms with van der Waals surface area (Å²) in [6.45, 7) is -0.596. The summed E-state index contributed by atoms with van der Waals surface area (Å²) in [5.41, 5.74) is 1.10. The number of carbonyl (C=O) groups is 4. The number of imide groups is 2. The van der Waals surface area contributed by atoms with Gasteiger partial charge in [0, 0.05) is 0 Å². The molecule has 27 heavy (non-hydrogen) atoms. The van der Waals surface area contributed by atoms with Gasteiger partial charge in [0.05, 0.1) is 19.3 Å². The molecular formula is C19H17N3O5. The van der Waals surface area contributed by atoms with Gasteiger partial charge in [0.25, 0.3) is 0 Å². The first kappa shape index (κ1) is 18.1. The molecule has 0 saturated carbocycles. The Labute approximate surface area is 155 Å². The predicted molar refractivity (Wildman–Crippen MR) is 95.7 cm³/mol. The van der Waals surface area contributed by atoms with Crippen molar-refractivity contribution in [3.05, 3.63) is 60.2 Å². The van der Waals surface area contributed by atoms with Crippen LogP contribution >= 0.6 is 0 Å². The number of hydrogen-bond acceptors (Lipinski definition) is 5. The van der Waals surface area contributed by atoms with E-state index in [4.69, 9.17) is 4.74 Å². The van der Waals surface area contributed by atoms with Gasteiger partial charge in [-0.3, -0.25) is 19.3 Å². The molecule has 1 N–H and O–H groups in total. The third-order valence-corrected chi connectivity index (χ3v) is 4.00. The zero-order chi connectivity index (χ0) is 19.4. The molecule has 138 valence electrons. The van der Waals surface area contributed by atoms with Crippen LogP contribution < -0.4 is 10.1 Å². The molecule has 0 spiro atoms. The highest BCUT2D eigenvalue weighted by Gasteiger charge is 2.45. The Morgan fingerprint density at radius 2 is 1.56 bits per heavy atom. The average molecular weight is 367 g/mol. The van der Waals surface area contributed by atoms with Crippen LogP contribution in [0.15, 0.2) is 54.6 Å². The van der Waals surface area contributed by atoms with E-state index in [1.807, 2.05) is 0 Å². The number of nitrogens with zero attached hydrogens (tertiary/aromatic N) is 2. The highest BCUT2D eigenvalue weighted by atomic mass is 16.5. The van der Waals surface area contributed by atoms with Crippen LogP contribution in [-0.2, 0) is 20.9 Å². The molecule has 0 atom stereocenters. The van der Waals surface area contributed by atoms with Crippen LogP contribution in [0.25, 0.3) is 0 Å². The van der Waals surface area contributed by atoms with E-state index < -0.39 is 30.3 Å². The fourth-order valence-corrected chi connectivity index (χ4v) is 2.68. The van der Waals surface area contributed by atoms with Crippen molar-refractivity contribution in [3.8, 4) is 5.75 Å². The Bertz CT molecular complexity index is 897. The lowest BCUT2D eigenvalue weighted by Crippen LogP contribution is -2.38. The van der Waals surface area contributed by atoms with Crippen molar-refractivity contribution in [1.29, 1.82) is 0 Å². The summed E-state index contributed by atoms with van der Waals surface area (Å²) in [4.78, 5) is 50.4. The Balaban J connectivity index is 1.69. The van der Waals surface area contributed by atoms with Crippen molar-refractivity contribution in [2.75, 3.05) is 19.0 Å². The number of hydrogen-bond donors (Lipinski definition) is 1. The van der Waals surface area contributed by atoms with Crippen LogP contribution in [0, 0.1) is 0 Å². The van der Waals surface area contributed by atoms with Gasteiger partial charge >= 0.3 is 17.8 Å². The van der Waals surface area contributed by atoms with Gasteiger partial charge in [-0.1, -0.05) is 42.5 Å². The zero-order valence-corrected chi connectivity index (χ0v) is 14.5. The van der Waals surface area contributed by atoms with E-state index in [1.54, 1.807) is 54.6 Å². The topological polar surface area (TPSA) is 96.0 Å². The molecule has 2 aromatic carbocycles. The minimum Gasteiger partial charge on any atom is -0.495 e. The maximum atomic E-state index is 12.4. The molecule has 1 saturated heterocycles. The number of rotatable bonds is 6. The van der Waals surface area contributed by atoms with Crippen molar-refractivity contribution >= 4 is 29.4 Å². The van der Waals surface area contributed by atoms with Crippen molar-refractivity contribution in [2.45, 2.75) is 6.54 Å². The Morgan fingerprint density at radius 3 is 2.26 bits per heavy atom. The monoisotopic (exact) mass is 367 g/mol. The van der Waals surface area contributed by atoms with Gasteiger partial charge in [0.15, 0.2) is 0 Å². The third-order valence-electron chi connectivity index (χ3n) is 4.00. The maximum absolute atomic E-state index is 12.4. The first-order chi connectivity index (χ1) is 13.0. The molecule has 5 amide bonds. The molecule has 1 heterocycles. The van der Waals surface area contributed by atoms with Gasteiger partial charge in [-0.15, -0.1) is 0 Å². The van der Waals surface area contributed by atoms with Gasteiger partial charge in [-0.05, 0) is 17.7 Å². The molecule has 0 aliphatic carbocycles. The van der Waals surface area contributed by atoms with Crippen LogP contribution in [0.5, 0.6) is 5.75 Å². The molecule has 3 rings (SSSR count).